The van der Waals surface area contributed by atoms with E-state index in [1.165, 1.54) is 4.90 Å². The molecule has 3 rings (SSSR count). The van der Waals surface area contributed by atoms with Crippen LogP contribution < -0.4 is 5.32 Å². The minimum Gasteiger partial charge on any atom is -0.323 e. The van der Waals surface area contributed by atoms with Gasteiger partial charge in [0.1, 0.15) is 17.7 Å². The summed E-state index contributed by atoms with van der Waals surface area (Å²) in [5.41, 5.74) is 1.16. The van der Waals surface area contributed by atoms with E-state index in [2.05, 4.69) is 5.32 Å². The van der Waals surface area contributed by atoms with Crippen LogP contribution in [0.2, 0.25) is 0 Å². The first-order valence-corrected chi connectivity index (χ1v) is 7.12. The number of halogens is 2. The molecule has 0 saturated heterocycles. The monoisotopic (exact) mass is 316 g/mol. The fourth-order valence-electron chi connectivity index (χ4n) is 2.56. The van der Waals surface area contributed by atoms with Gasteiger partial charge in [-0.15, -0.1) is 0 Å². The minimum atomic E-state index is -0.808. The fraction of sp³-hybridized carbons (Fsp3) is 0.176. The Balaban J connectivity index is 1.76. The molecule has 1 heterocycles. The molecule has 23 heavy (non-hydrogen) atoms. The predicted molar refractivity (Wildman–Crippen MR) is 80.8 cm³/mol. The maximum atomic E-state index is 13.6. The Kier molecular flexibility index (Phi) is 3.82. The summed E-state index contributed by atoms with van der Waals surface area (Å²) >= 11 is 0. The molecule has 1 aliphatic heterocycles. The Morgan fingerprint density at radius 1 is 1.22 bits per heavy atom. The highest BCUT2D eigenvalue weighted by Crippen LogP contribution is 2.25. The van der Waals surface area contributed by atoms with E-state index in [1.54, 1.807) is 19.1 Å². The molecule has 0 unspecified atom stereocenters. The first kappa shape index (κ1) is 15.1. The van der Waals surface area contributed by atoms with E-state index in [9.17, 15) is 18.4 Å². The number of nitrogens with zero attached hydrogens (tertiary/aromatic N) is 1. The van der Waals surface area contributed by atoms with E-state index in [1.807, 2.05) is 12.1 Å². The molecule has 1 N–H and O–H groups in total. The Bertz CT molecular complexity index is 792. The molecule has 1 aliphatic rings. The molecule has 118 valence electrons. The molecule has 0 aromatic heterocycles. The van der Waals surface area contributed by atoms with Crippen molar-refractivity contribution in [1.82, 2.24) is 4.90 Å². The highest BCUT2D eigenvalue weighted by atomic mass is 19.1. The summed E-state index contributed by atoms with van der Waals surface area (Å²) in [6, 6.07) is 9.11. The van der Waals surface area contributed by atoms with Crippen molar-refractivity contribution in [3.63, 3.8) is 0 Å². The average molecular weight is 316 g/mol. The van der Waals surface area contributed by atoms with Crippen LogP contribution in [0.25, 0.3) is 0 Å². The number of nitrogens with one attached hydrogen (secondary N) is 1. The van der Waals surface area contributed by atoms with Crippen molar-refractivity contribution in [3.8, 4) is 0 Å². The third-order valence-corrected chi connectivity index (χ3v) is 3.88. The number of hydrogen-bond acceptors (Lipinski definition) is 2. The molecular weight excluding hydrogens is 302 g/mol. The maximum Gasteiger partial charge on any atom is 0.255 e. The first-order chi connectivity index (χ1) is 11.0. The van der Waals surface area contributed by atoms with E-state index in [0.29, 0.717) is 12.1 Å². The lowest BCUT2D eigenvalue weighted by atomic mass is 10.1. The zero-order chi connectivity index (χ0) is 16.6. The molecule has 2 amide bonds. The SMILES string of the molecule is C[C@H](C(=O)Nc1cc(F)ccc1F)N1Cc2ccccc2C1=O. The largest absolute Gasteiger partial charge is 0.323 e. The number of fused-ring (bicyclic) bond motifs is 1. The molecule has 2 aromatic rings. The summed E-state index contributed by atoms with van der Waals surface area (Å²) < 4.78 is 26.8. The van der Waals surface area contributed by atoms with Crippen LogP contribution in [0.15, 0.2) is 42.5 Å². The van der Waals surface area contributed by atoms with Gasteiger partial charge in [0, 0.05) is 18.2 Å². The molecule has 6 heteroatoms. The van der Waals surface area contributed by atoms with Crippen molar-refractivity contribution in [1.29, 1.82) is 0 Å². The van der Waals surface area contributed by atoms with Gasteiger partial charge >= 0.3 is 0 Å². The second-order valence-electron chi connectivity index (χ2n) is 5.38. The van der Waals surface area contributed by atoms with Crippen LogP contribution in [0.4, 0.5) is 14.5 Å². The topological polar surface area (TPSA) is 49.4 Å². The summed E-state index contributed by atoms with van der Waals surface area (Å²) in [5, 5.41) is 2.33. The van der Waals surface area contributed by atoms with Crippen molar-refractivity contribution in [3.05, 3.63) is 65.2 Å². The van der Waals surface area contributed by atoms with E-state index in [0.717, 1.165) is 23.8 Å². The lowest BCUT2D eigenvalue weighted by Gasteiger charge is -2.23. The van der Waals surface area contributed by atoms with Crippen LogP contribution in [0.3, 0.4) is 0 Å². The van der Waals surface area contributed by atoms with Crippen LogP contribution in [0.5, 0.6) is 0 Å². The van der Waals surface area contributed by atoms with Crippen LogP contribution in [-0.2, 0) is 11.3 Å². The van der Waals surface area contributed by atoms with Crippen molar-refractivity contribution in [2.45, 2.75) is 19.5 Å². The van der Waals surface area contributed by atoms with E-state index in [-0.39, 0.29) is 11.6 Å². The Morgan fingerprint density at radius 3 is 2.70 bits per heavy atom. The van der Waals surface area contributed by atoms with Crippen molar-refractivity contribution < 1.29 is 18.4 Å². The first-order valence-electron chi connectivity index (χ1n) is 7.12. The Labute approximate surface area is 131 Å². The molecule has 0 saturated carbocycles. The smallest absolute Gasteiger partial charge is 0.255 e. The van der Waals surface area contributed by atoms with Gasteiger partial charge in [0.15, 0.2) is 0 Å². The van der Waals surface area contributed by atoms with E-state index < -0.39 is 23.6 Å². The average Bonchev–Trinajstić information content (AvgIpc) is 2.87. The zero-order valence-corrected chi connectivity index (χ0v) is 12.3. The predicted octanol–water partition coefficient (Wildman–Crippen LogP) is 2.95. The summed E-state index contributed by atoms with van der Waals surface area (Å²) in [5.74, 6) is -2.21. The molecule has 2 aromatic carbocycles. The van der Waals surface area contributed by atoms with Gasteiger partial charge in [-0.3, -0.25) is 9.59 Å². The molecule has 0 fully saturated rings. The highest BCUT2D eigenvalue weighted by molar-refractivity contribution is 6.03. The van der Waals surface area contributed by atoms with Gasteiger partial charge in [-0.2, -0.15) is 0 Å². The number of hydrogen-bond donors (Lipinski definition) is 1. The third-order valence-electron chi connectivity index (χ3n) is 3.88. The number of amides is 2. The normalized spacial score (nSPS) is 14.6. The van der Waals surface area contributed by atoms with Crippen LogP contribution >= 0.6 is 0 Å². The third kappa shape index (κ3) is 2.79. The standard InChI is InChI=1S/C17H14F2N2O2/c1-10(16(22)20-15-8-12(18)6-7-14(15)19)21-9-11-4-2-3-5-13(11)17(21)23/h2-8,10H,9H2,1H3,(H,20,22)/t10-/m1/s1. The summed E-state index contributed by atoms with van der Waals surface area (Å²) in [7, 11) is 0. The van der Waals surface area contributed by atoms with E-state index in [4.69, 9.17) is 0 Å². The summed E-state index contributed by atoms with van der Waals surface area (Å²) in [4.78, 5) is 26.0. The molecule has 0 bridgehead atoms. The van der Waals surface area contributed by atoms with Gasteiger partial charge in [-0.1, -0.05) is 18.2 Å². The van der Waals surface area contributed by atoms with Crippen LogP contribution in [-0.4, -0.2) is 22.8 Å². The van der Waals surface area contributed by atoms with Gasteiger partial charge in [-0.25, -0.2) is 8.78 Å². The number of anilines is 1. The van der Waals surface area contributed by atoms with Gasteiger partial charge < -0.3 is 10.2 Å². The van der Waals surface area contributed by atoms with Gasteiger partial charge in [-0.05, 0) is 30.7 Å². The molecule has 1 atom stereocenters. The number of benzene rings is 2. The van der Waals surface area contributed by atoms with Crippen molar-refractivity contribution in [2.75, 3.05) is 5.32 Å². The van der Waals surface area contributed by atoms with E-state index >= 15 is 0 Å². The van der Waals surface area contributed by atoms with Crippen LogP contribution in [0.1, 0.15) is 22.8 Å². The number of carbonyl (C=O) groups is 2. The van der Waals surface area contributed by atoms with Crippen molar-refractivity contribution in [2.24, 2.45) is 0 Å². The highest BCUT2D eigenvalue weighted by Gasteiger charge is 2.33. The van der Waals surface area contributed by atoms with Gasteiger partial charge in [0.05, 0.1) is 5.69 Å². The Morgan fingerprint density at radius 2 is 1.96 bits per heavy atom. The minimum absolute atomic E-state index is 0.244. The molecule has 0 aliphatic carbocycles. The van der Waals surface area contributed by atoms with Gasteiger partial charge in [0.2, 0.25) is 5.91 Å². The lowest BCUT2D eigenvalue weighted by Crippen LogP contribution is -2.42. The molecule has 0 spiro atoms. The Hall–Kier alpha value is -2.76. The van der Waals surface area contributed by atoms with Crippen LogP contribution in [0, 0.1) is 11.6 Å². The number of rotatable bonds is 3. The van der Waals surface area contributed by atoms with Gasteiger partial charge in [0.25, 0.3) is 5.91 Å². The molecule has 4 nitrogen and oxygen atoms in total. The molecule has 0 radical (unpaired) electrons. The van der Waals surface area contributed by atoms with Crippen molar-refractivity contribution >= 4 is 17.5 Å². The number of carbonyl (C=O) groups excluding carboxylic acids is 2. The second kappa shape index (κ2) is 5.79. The summed E-state index contributed by atoms with van der Waals surface area (Å²) in [6.07, 6.45) is 0. The summed E-state index contributed by atoms with van der Waals surface area (Å²) in [6.45, 7) is 1.87. The fourth-order valence-corrected chi connectivity index (χ4v) is 2.56. The lowest BCUT2D eigenvalue weighted by molar-refractivity contribution is -0.120. The second-order valence-corrected chi connectivity index (χ2v) is 5.38. The quantitative estimate of drug-likeness (QED) is 0.946. The zero-order valence-electron chi connectivity index (χ0n) is 12.3. The maximum absolute atomic E-state index is 13.6. The molecular formula is C17H14F2N2O2.